The fourth-order valence-corrected chi connectivity index (χ4v) is 4.22. The third-order valence-corrected chi connectivity index (χ3v) is 5.92. The summed E-state index contributed by atoms with van der Waals surface area (Å²) in [4.78, 5) is 0.316. The van der Waals surface area contributed by atoms with E-state index in [0.717, 1.165) is 11.1 Å². The Morgan fingerprint density at radius 2 is 1.90 bits per heavy atom. The predicted molar refractivity (Wildman–Crippen MR) is 82.2 cm³/mol. The minimum atomic E-state index is -3.43. The second kappa shape index (κ2) is 6.18. The summed E-state index contributed by atoms with van der Waals surface area (Å²) >= 11 is 0. The molecular formula is C16H21NO3S. The van der Waals surface area contributed by atoms with Crippen molar-refractivity contribution < 1.29 is 13.5 Å². The number of aliphatic hydroxyl groups excluding tert-OH is 1. The van der Waals surface area contributed by atoms with E-state index in [1.54, 1.807) is 22.5 Å². The molecule has 1 aromatic carbocycles. The molecule has 114 valence electrons. The Labute approximate surface area is 126 Å². The van der Waals surface area contributed by atoms with Crippen LogP contribution in [0, 0.1) is 30.6 Å². The number of nitrogens with zero attached hydrogens (tertiary/aromatic N) is 1. The zero-order chi connectivity index (χ0) is 15.6. The highest BCUT2D eigenvalue weighted by atomic mass is 32.2. The highest BCUT2D eigenvalue weighted by molar-refractivity contribution is 7.89. The summed E-state index contributed by atoms with van der Waals surface area (Å²) in [5.41, 5.74) is 1.54. The minimum absolute atomic E-state index is 0.205. The van der Waals surface area contributed by atoms with Crippen molar-refractivity contribution >= 4 is 10.0 Å². The highest BCUT2D eigenvalue weighted by Gasteiger charge is 2.34. The first kappa shape index (κ1) is 16.0. The van der Waals surface area contributed by atoms with E-state index in [1.807, 2.05) is 6.92 Å². The molecule has 4 nitrogen and oxygen atoms in total. The quantitative estimate of drug-likeness (QED) is 0.845. The summed E-state index contributed by atoms with van der Waals surface area (Å²) < 4.78 is 26.9. The molecule has 1 aliphatic rings. The van der Waals surface area contributed by atoms with Crippen LogP contribution < -0.4 is 0 Å². The molecule has 0 bridgehead atoms. The maximum absolute atomic E-state index is 12.7. The van der Waals surface area contributed by atoms with Crippen LogP contribution in [0.5, 0.6) is 0 Å². The van der Waals surface area contributed by atoms with Gasteiger partial charge in [-0.25, -0.2) is 8.42 Å². The standard InChI is InChI=1S/C16H21NO3S/c1-12-9-16(7-6-15(12)5-4-8-18)21(19,20)17-10-13(2)14(3)11-17/h6-7,9,13-14,18H,8,10-11H2,1-3H3. The van der Waals surface area contributed by atoms with Gasteiger partial charge in [-0.1, -0.05) is 25.7 Å². The fraction of sp³-hybridized carbons (Fsp3) is 0.500. The number of rotatable bonds is 2. The third kappa shape index (κ3) is 3.29. The van der Waals surface area contributed by atoms with E-state index in [-0.39, 0.29) is 6.61 Å². The third-order valence-electron chi connectivity index (χ3n) is 4.09. The van der Waals surface area contributed by atoms with Crippen molar-refractivity contribution in [2.45, 2.75) is 25.7 Å². The van der Waals surface area contributed by atoms with Crippen molar-refractivity contribution in [3.8, 4) is 11.8 Å². The van der Waals surface area contributed by atoms with Crippen LogP contribution in [0.2, 0.25) is 0 Å². The van der Waals surface area contributed by atoms with E-state index in [0.29, 0.717) is 29.8 Å². The number of benzene rings is 1. The SMILES string of the molecule is Cc1cc(S(=O)(=O)N2CC(C)C(C)C2)ccc1C#CCO. The molecule has 2 rings (SSSR count). The first-order chi connectivity index (χ1) is 9.86. The fourth-order valence-electron chi connectivity index (χ4n) is 2.49. The predicted octanol–water partition coefficient (Wildman–Crippen LogP) is 1.62. The molecule has 1 saturated heterocycles. The summed E-state index contributed by atoms with van der Waals surface area (Å²) in [5.74, 6) is 6.16. The van der Waals surface area contributed by atoms with Gasteiger partial charge in [0, 0.05) is 18.7 Å². The number of aliphatic hydroxyl groups is 1. The highest BCUT2D eigenvalue weighted by Crippen LogP contribution is 2.28. The Morgan fingerprint density at radius 1 is 1.29 bits per heavy atom. The van der Waals surface area contributed by atoms with E-state index < -0.39 is 10.0 Å². The molecule has 21 heavy (non-hydrogen) atoms. The molecule has 0 aliphatic carbocycles. The Kier molecular flexibility index (Phi) is 4.72. The summed E-state index contributed by atoms with van der Waals surface area (Å²) in [6, 6.07) is 4.95. The number of aryl methyl sites for hydroxylation is 1. The van der Waals surface area contributed by atoms with Crippen LogP contribution in [0.15, 0.2) is 23.1 Å². The largest absolute Gasteiger partial charge is 0.384 e. The first-order valence-corrected chi connectivity index (χ1v) is 8.50. The Bertz CT molecular complexity index is 675. The van der Waals surface area contributed by atoms with Crippen LogP contribution >= 0.6 is 0 Å². The van der Waals surface area contributed by atoms with E-state index in [9.17, 15) is 8.42 Å². The summed E-state index contributed by atoms with van der Waals surface area (Å²) in [7, 11) is -3.43. The molecule has 0 saturated carbocycles. The van der Waals surface area contributed by atoms with Gasteiger partial charge in [-0.2, -0.15) is 4.31 Å². The maximum atomic E-state index is 12.7. The van der Waals surface area contributed by atoms with E-state index in [2.05, 4.69) is 25.7 Å². The summed E-state index contributed by atoms with van der Waals surface area (Å²) in [6.45, 7) is 6.94. The molecule has 2 unspecified atom stereocenters. The molecule has 1 aromatic rings. The van der Waals surface area contributed by atoms with Gasteiger partial charge in [0.25, 0.3) is 0 Å². The van der Waals surface area contributed by atoms with Crippen molar-refractivity contribution in [3.63, 3.8) is 0 Å². The molecule has 0 radical (unpaired) electrons. The molecule has 1 aliphatic heterocycles. The minimum Gasteiger partial charge on any atom is -0.384 e. The number of hydrogen-bond donors (Lipinski definition) is 1. The smallest absolute Gasteiger partial charge is 0.243 e. The molecule has 2 atom stereocenters. The lowest BCUT2D eigenvalue weighted by Crippen LogP contribution is -2.29. The van der Waals surface area contributed by atoms with Crippen LogP contribution in [0.3, 0.4) is 0 Å². The van der Waals surface area contributed by atoms with E-state index in [4.69, 9.17) is 5.11 Å². The van der Waals surface area contributed by atoms with Crippen molar-refractivity contribution in [1.29, 1.82) is 0 Å². The monoisotopic (exact) mass is 307 g/mol. The lowest BCUT2D eigenvalue weighted by atomic mass is 10.0. The molecule has 1 fully saturated rings. The van der Waals surface area contributed by atoms with Crippen molar-refractivity contribution in [2.75, 3.05) is 19.7 Å². The van der Waals surface area contributed by atoms with E-state index in [1.165, 1.54) is 0 Å². The normalized spacial score (nSPS) is 22.9. The lowest BCUT2D eigenvalue weighted by Gasteiger charge is -2.16. The van der Waals surface area contributed by atoms with Gasteiger partial charge in [-0.15, -0.1) is 0 Å². The average molecular weight is 307 g/mol. The number of sulfonamides is 1. The molecule has 5 heteroatoms. The van der Waals surface area contributed by atoms with Gasteiger partial charge in [0.15, 0.2) is 0 Å². The molecule has 1 heterocycles. The summed E-state index contributed by atoms with van der Waals surface area (Å²) in [5, 5.41) is 8.72. The number of hydrogen-bond acceptors (Lipinski definition) is 3. The van der Waals surface area contributed by atoms with Crippen LogP contribution in [-0.4, -0.2) is 37.5 Å². The van der Waals surface area contributed by atoms with Gasteiger partial charge >= 0.3 is 0 Å². The van der Waals surface area contributed by atoms with Crippen LogP contribution in [0.25, 0.3) is 0 Å². The maximum Gasteiger partial charge on any atom is 0.243 e. The lowest BCUT2D eigenvalue weighted by molar-refractivity contribution is 0.350. The second-order valence-electron chi connectivity index (χ2n) is 5.71. The van der Waals surface area contributed by atoms with Crippen molar-refractivity contribution in [2.24, 2.45) is 11.8 Å². The average Bonchev–Trinajstić information content (AvgIpc) is 2.78. The molecule has 0 amide bonds. The molecule has 0 spiro atoms. The van der Waals surface area contributed by atoms with Crippen LogP contribution in [-0.2, 0) is 10.0 Å². The van der Waals surface area contributed by atoms with Gasteiger partial charge in [0.05, 0.1) is 4.90 Å². The summed E-state index contributed by atoms with van der Waals surface area (Å²) in [6.07, 6.45) is 0. The van der Waals surface area contributed by atoms with Crippen LogP contribution in [0.1, 0.15) is 25.0 Å². The zero-order valence-corrected chi connectivity index (χ0v) is 13.4. The van der Waals surface area contributed by atoms with Crippen LogP contribution in [0.4, 0.5) is 0 Å². The van der Waals surface area contributed by atoms with Gasteiger partial charge in [-0.05, 0) is 42.5 Å². The van der Waals surface area contributed by atoms with Gasteiger partial charge in [0.1, 0.15) is 6.61 Å². The van der Waals surface area contributed by atoms with Crippen molar-refractivity contribution in [3.05, 3.63) is 29.3 Å². The van der Waals surface area contributed by atoms with E-state index >= 15 is 0 Å². The Balaban J connectivity index is 2.31. The van der Waals surface area contributed by atoms with Gasteiger partial charge < -0.3 is 5.11 Å². The molecule has 1 N–H and O–H groups in total. The Hall–Kier alpha value is -1.35. The zero-order valence-electron chi connectivity index (χ0n) is 12.6. The molecule has 0 aromatic heterocycles. The van der Waals surface area contributed by atoms with Gasteiger partial charge in [0.2, 0.25) is 10.0 Å². The van der Waals surface area contributed by atoms with Crippen molar-refractivity contribution in [1.82, 2.24) is 4.31 Å². The first-order valence-electron chi connectivity index (χ1n) is 7.06. The topological polar surface area (TPSA) is 57.6 Å². The second-order valence-corrected chi connectivity index (χ2v) is 7.65. The Morgan fingerprint density at radius 3 is 2.43 bits per heavy atom. The molecular weight excluding hydrogens is 286 g/mol. The van der Waals surface area contributed by atoms with Gasteiger partial charge in [-0.3, -0.25) is 0 Å².